The molecule has 0 heterocycles. The summed E-state index contributed by atoms with van der Waals surface area (Å²) in [4.78, 5) is 0. The van der Waals surface area contributed by atoms with Crippen LogP contribution in [-0.4, -0.2) is 18.8 Å². The molecule has 0 bridgehead atoms. The van der Waals surface area contributed by atoms with E-state index in [1.165, 1.54) is 0 Å². The van der Waals surface area contributed by atoms with Crippen LogP contribution in [0.5, 0.6) is 11.5 Å². The van der Waals surface area contributed by atoms with Gasteiger partial charge in [0.2, 0.25) is 0 Å². The first-order valence-electron chi connectivity index (χ1n) is 4.86. The molecule has 0 fully saturated rings. The van der Waals surface area contributed by atoms with Crippen molar-refractivity contribution in [2.24, 2.45) is 0 Å². The highest BCUT2D eigenvalue weighted by atomic mass is 35.5. The van der Waals surface area contributed by atoms with Gasteiger partial charge in [-0.3, -0.25) is 0 Å². The molecular formula is C12H15ClO3. The normalized spacial score (nSPS) is 12.0. The fraction of sp³-hybridized carbons (Fsp3) is 0.333. The third kappa shape index (κ3) is 3.43. The maximum atomic E-state index is 9.56. The Morgan fingerprint density at radius 2 is 2.25 bits per heavy atom. The van der Waals surface area contributed by atoms with E-state index in [-0.39, 0.29) is 6.61 Å². The first-order chi connectivity index (χ1) is 7.54. The van der Waals surface area contributed by atoms with Gasteiger partial charge in [-0.05, 0) is 19.1 Å². The minimum Gasteiger partial charge on any atom is -0.497 e. The summed E-state index contributed by atoms with van der Waals surface area (Å²) in [6, 6.07) is 5.24. The Labute approximate surface area is 100 Å². The first-order valence-corrected chi connectivity index (χ1v) is 5.24. The molecule has 1 aromatic carbocycles. The lowest BCUT2D eigenvalue weighted by atomic mass is 10.1. The molecule has 1 rings (SSSR count). The summed E-state index contributed by atoms with van der Waals surface area (Å²) in [5, 5.41) is 9.96. The zero-order valence-corrected chi connectivity index (χ0v) is 10.1. The Balaban J connectivity index is 2.95. The van der Waals surface area contributed by atoms with Crippen LogP contribution in [0.15, 0.2) is 29.8 Å². The van der Waals surface area contributed by atoms with Crippen LogP contribution in [0.3, 0.4) is 0 Å². The van der Waals surface area contributed by atoms with Gasteiger partial charge >= 0.3 is 0 Å². The van der Waals surface area contributed by atoms with Gasteiger partial charge in [0.05, 0.1) is 13.2 Å². The Kier molecular flexibility index (Phi) is 4.65. The lowest BCUT2D eigenvalue weighted by Crippen LogP contribution is -2.02. The van der Waals surface area contributed by atoms with Crippen LogP contribution in [0, 0.1) is 0 Å². The minimum absolute atomic E-state index is 0.203. The van der Waals surface area contributed by atoms with Gasteiger partial charge in [0, 0.05) is 16.7 Å². The minimum atomic E-state index is -0.607. The van der Waals surface area contributed by atoms with E-state index in [1.54, 1.807) is 32.2 Å². The Bertz CT molecular complexity index is 375. The van der Waals surface area contributed by atoms with Crippen LogP contribution in [0.1, 0.15) is 18.6 Å². The highest BCUT2D eigenvalue weighted by molar-refractivity contribution is 6.29. The molecule has 0 aromatic heterocycles. The number of aliphatic hydroxyl groups excluding tert-OH is 1. The lowest BCUT2D eigenvalue weighted by molar-refractivity contribution is 0.192. The van der Waals surface area contributed by atoms with Crippen LogP contribution in [0.25, 0.3) is 0 Å². The van der Waals surface area contributed by atoms with Crippen molar-refractivity contribution in [1.82, 2.24) is 0 Å². The van der Waals surface area contributed by atoms with E-state index in [9.17, 15) is 5.11 Å². The second-order valence-electron chi connectivity index (χ2n) is 3.39. The number of aliphatic hydroxyl groups is 1. The van der Waals surface area contributed by atoms with Crippen molar-refractivity contribution in [3.8, 4) is 11.5 Å². The fourth-order valence-electron chi connectivity index (χ4n) is 1.27. The van der Waals surface area contributed by atoms with Crippen molar-refractivity contribution in [2.75, 3.05) is 13.7 Å². The van der Waals surface area contributed by atoms with E-state index >= 15 is 0 Å². The standard InChI is InChI=1S/C12H15ClO3/c1-8(13)7-16-12-6-10(15-3)4-5-11(12)9(2)14/h4-6,9,14H,1,7H2,2-3H3. The molecule has 3 nitrogen and oxygen atoms in total. The molecule has 0 spiro atoms. The molecular weight excluding hydrogens is 228 g/mol. The lowest BCUT2D eigenvalue weighted by Gasteiger charge is -2.14. The SMILES string of the molecule is C=C(Cl)COc1cc(OC)ccc1C(C)O. The summed E-state index contributed by atoms with van der Waals surface area (Å²) in [6.45, 7) is 5.41. The second kappa shape index (κ2) is 5.77. The summed E-state index contributed by atoms with van der Waals surface area (Å²) in [5.74, 6) is 1.22. The number of hydrogen-bond donors (Lipinski definition) is 1. The number of methoxy groups -OCH3 is 1. The number of rotatable bonds is 5. The van der Waals surface area contributed by atoms with Crippen LogP contribution in [-0.2, 0) is 0 Å². The molecule has 0 aliphatic carbocycles. The molecule has 16 heavy (non-hydrogen) atoms. The van der Waals surface area contributed by atoms with E-state index in [1.807, 2.05) is 0 Å². The molecule has 1 unspecified atom stereocenters. The predicted octanol–water partition coefficient (Wildman–Crippen LogP) is 2.88. The van der Waals surface area contributed by atoms with Crippen molar-refractivity contribution in [2.45, 2.75) is 13.0 Å². The molecule has 1 aromatic rings. The topological polar surface area (TPSA) is 38.7 Å². The Hall–Kier alpha value is -1.19. The molecule has 0 saturated heterocycles. The molecule has 0 aliphatic rings. The quantitative estimate of drug-likeness (QED) is 0.863. The highest BCUT2D eigenvalue weighted by Crippen LogP contribution is 2.29. The summed E-state index contributed by atoms with van der Waals surface area (Å²) in [6.07, 6.45) is -0.607. The van der Waals surface area contributed by atoms with E-state index < -0.39 is 6.10 Å². The van der Waals surface area contributed by atoms with Gasteiger partial charge in [-0.2, -0.15) is 0 Å². The molecule has 0 saturated carbocycles. The summed E-state index contributed by atoms with van der Waals surface area (Å²) in [7, 11) is 1.57. The first kappa shape index (κ1) is 12.9. The second-order valence-corrected chi connectivity index (χ2v) is 3.92. The maximum absolute atomic E-state index is 9.56. The third-order valence-electron chi connectivity index (χ3n) is 2.06. The van der Waals surface area contributed by atoms with E-state index in [4.69, 9.17) is 21.1 Å². The van der Waals surface area contributed by atoms with Crippen LogP contribution < -0.4 is 9.47 Å². The zero-order valence-electron chi connectivity index (χ0n) is 9.37. The zero-order chi connectivity index (χ0) is 12.1. The molecule has 1 atom stereocenters. The highest BCUT2D eigenvalue weighted by Gasteiger charge is 2.10. The number of hydrogen-bond acceptors (Lipinski definition) is 3. The smallest absolute Gasteiger partial charge is 0.129 e. The molecule has 88 valence electrons. The van der Waals surface area contributed by atoms with Crippen molar-refractivity contribution >= 4 is 11.6 Å². The van der Waals surface area contributed by atoms with Crippen molar-refractivity contribution in [1.29, 1.82) is 0 Å². The van der Waals surface area contributed by atoms with E-state index in [0.29, 0.717) is 22.1 Å². The van der Waals surface area contributed by atoms with Gasteiger partial charge in [-0.1, -0.05) is 18.2 Å². The van der Waals surface area contributed by atoms with Gasteiger partial charge in [-0.15, -0.1) is 0 Å². The van der Waals surface area contributed by atoms with Gasteiger partial charge < -0.3 is 14.6 Å². The molecule has 0 amide bonds. The molecule has 4 heteroatoms. The number of benzene rings is 1. The van der Waals surface area contributed by atoms with E-state index in [0.717, 1.165) is 0 Å². The van der Waals surface area contributed by atoms with Crippen molar-refractivity contribution in [3.05, 3.63) is 35.4 Å². The fourth-order valence-corrected chi connectivity index (χ4v) is 1.32. The maximum Gasteiger partial charge on any atom is 0.129 e. The average molecular weight is 243 g/mol. The molecule has 1 N–H and O–H groups in total. The summed E-state index contributed by atoms with van der Waals surface area (Å²) in [5.41, 5.74) is 0.693. The summed E-state index contributed by atoms with van der Waals surface area (Å²) >= 11 is 5.62. The predicted molar refractivity (Wildman–Crippen MR) is 64.1 cm³/mol. The van der Waals surface area contributed by atoms with E-state index in [2.05, 4.69) is 6.58 Å². The monoisotopic (exact) mass is 242 g/mol. The van der Waals surface area contributed by atoms with Gasteiger partial charge in [0.1, 0.15) is 18.1 Å². The Morgan fingerprint density at radius 3 is 2.75 bits per heavy atom. The van der Waals surface area contributed by atoms with Gasteiger partial charge in [-0.25, -0.2) is 0 Å². The molecule has 0 radical (unpaired) electrons. The van der Waals surface area contributed by atoms with Crippen LogP contribution in [0.4, 0.5) is 0 Å². The van der Waals surface area contributed by atoms with Gasteiger partial charge in [0.15, 0.2) is 0 Å². The molecule has 0 aliphatic heterocycles. The Morgan fingerprint density at radius 1 is 1.56 bits per heavy atom. The largest absolute Gasteiger partial charge is 0.497 e. The number of halogens is 1. The van der Waals surface area contributed by atoms with Crippen LogP contribution in [0.2, 0.25) is 0 Å². The number of ether oxygens (including phenoxy) is 2. The van der Waals surface area contributed by atoms with Crippen LogP contribution >= 0.6 is 11.6 Å². The average Bonchev–Trinajstić information content (AvgIpc) is 2.25. The van der Waals surface area contributed by atoms with Crippen molar-refractivity contribution < 1.29 is 14.6 Å². The third-order valence-corrected chi connectivity index (χ3v) is 2.16. The van der Waals surface area contributed by atoms with Crippen molar-refractivity contribution in [3.63, 3.8) is 0 Å². The van der Waals surface area contributed by atoms with Gasteiger partial charge in [0.25, 0.3) is 0 Å². The summed E-state index contributed by atoms with van der Waals surface area (Å²) < 4.78 is 10.5.